The van der Waals surface area contributed by atoms with E-state index in [9.17, 15) is 0 Å². The molecule has 21 heavy (non-hydrogen) atoms. The van der Waals surface area contributed by atoms with Crippen LogP contribution in [0.15, 0.2) is 24.3 Å². The van der Waals surface area contributed by atoms with Crippen molar-refractivity contribution in [2.75, 3.05) is 55.7 Å². The van der Waals surface area contributed by atoms with Crippen LogP contribution in [0.1, 0.15) is 19.8 Å². The Kier molecular flexibility index (Phi) is 4.99. The Bertz CT molecular complexity index is 428. The van der Waals surface area contributed by atoms with Gasteiger partial charge in [0.2, 0.25) is 0 Å². The SMILES string of the molecule is CC1CCN(c2ccc(N3CCOCC3)cc2)CCCN1. The molecule has 4 heteroatoms. The van der Waals surface area contributed by atoms with E-state index in [1.807, 2.05) is 0 Å². The standard InChI is InChI=1S/C17H27N3O/c1-15-7-10-19(9-2-8-18-15)16-3-5-17(6-4-16)20-11-13-21-14-12-20/h3-6,15,18H,2,7-14H2,1H3. The van der Waals surface area contributed by atoms with Crippen LogP contribution in [0.3, 0.4) is 0 Å². The molecular formula is C17H27N3O. The van der Waals surface area contributed by atoms with E-state index < -0.39 is 0 Å². The zero-order valence-electron chi connectivity index (χ0n) is 13.1. The summed E-state index contributed by atoms with van der Waals surface area (Å²) in [7, 11) is 0. The lowest BCUT2D eigenvalue weighted by Crippen LogP contribution is -2.38. The normalized spacial score (nSPS) is 24.5. The van der Waals surface area contributed by atoms with Crippen LogP contribution in [-0.2, 0) is 4.74 Å². The third-order valence-corrected chi connectivity index (χ3v) is 4.52. The van der Waals surface area contributed by atoms with E-state index in [-0.39, 0.29) is 0 Å². The molecule has 2 aliphatic heterocycles. The number of anilines is 2. The van der Waals surface area contributed by atoms with Gasteiger partial charge in [0.05, 0.1) is 13.2 Å². The third-order valence-electron chi connectivity index (χ3n) is 4.52. The summed E-state index contributed by atoms with van der Waals surface area (Å²) in [6.45, 7) is 9.41. The maximum atomic E-state index is 5.42. The summed E-state index contributed by atoms with van der Waals surface area (Å²) >= 11 is 0. The molecule has 2 fully saturated rings. The van der Waals surface area contributed by atoms with Crippen molar-refractivity contribution >= 4 is 11.4 Å². The molecule has 1 aromatic carbocycles. The maximum Gasteiger partial charge on any atom is 0.0642 e. The molecule has 1 aromatic rings. The molecule has 1 unspecified atom stereocenters. The highest BCUT2D eigenvalue weighted by atomic mass is 16.5. The van der Waals surface area contributed by atoms with Crippen LogP contribution < -0.4 is 15.1 Å². The van der Waals surface area contributed by atoms with Gasteiger partial charge >= 0.3 is 0 Å². The molecular weight excluding hydrogens is 262 g/mol. The lowest BCUT2D eigenvalue weighted by Gasteiger charge is -2.31. The van der Waals surface area contributed by atoms with Gasteiger partial charge in [-0.05, 0) is 50.6 Å². The van der Waals surface area contributed by atoms with Crippen LogP contribution >= 0.6 is 0 Å². The molecule has 0 aliphatic carbocycles. The van der Waals surface area contributed by atoms with E-state index in [1.165, 1.54) is 24.2 Å². The Morgan fingerprint density at radius 2 is 1.57 bits per heavy atom. The van der Waals surface area contributed by atoms with E-state index >= 15 is 0 Å². The summed E-state index contributed by atoms with van der Waals surface area (Å²) in [6.07, 6.45) is 2.43. The molecule has 0 aromatic heterocycles. The van der Waals surface area contributed by atoms with Gasteiger partial charge < -0.3 is 19.9 Å². The van der Waals surface area contributed by atoms with Gasteiger partial charge in [-0.25, -0.2) is 0 Å². The Hall–Kier alpha value is -1.26. The first kappa shape index (κ1) is 14.7. The monoisotopic (exact) mass is 289 g/mol. The number of nitrogens with one attached hydrogen (secondary N) is 1. The van der Waals surface area contributed by atoms with E-state index in [4.69, 9.17) is 4.74 Å². The maximum absolute atomic E-state index is 5.42. The molecule has 2 aliphatic rings. The quantitative estimate of drug-likeness (QED) is 0.902. The van der Waals surface area contributed by atoms with Gasteiger partial charge in [0.25, 0.3) is 0 Å². The van der Waals surface area contributed by atoms with Gasteiger partial charge in [-0.3, -0.25) is 0 Å². The third kappa shape index (κ3) is 3.89. The van der Waals surface area contributed by atoms with Gasteiger partial charge in [0, 0.05) is 43.6 Å². The second-order valence-corrected chi connectivity index (χ2v) is 6.10. The molecule has 116 valence electrons. The first-order chi connectivity index (χ1) is 10.3. The average Bonchev–Trinajstić information content (AvgIpc) is 2.53. The van der Waals surface area contributed by atoms with Crippen LogP contribution in [0.2, 0.25) is 0 Å². The zero-order valence-corrected chi connectivity index (χ0v) is 13.1. The van der Waals surface area contributed by atoms with Gasteiger partial charge in [-0.15, -0.1) is 0 Å². The van der Waals surface area contributed by atoms with E-state index in [0.29, 0.717) is 6.04 Å². The Morgan fingerprint density at radius 1 is 0.952 bits per heavy atom. The van der Waals surface area contributed by atoms with Crippen molar-refractivity contribution in [3.8, 4) is 0 Å². The van der Waals surface area contributed by atoms with Gasteiger partial charge in [-0.2, -0.15) is 0 Å². The van der Waals surface area contributed by atoms with Gasteiger partial charge in [-0.1, -0.05) is 0 Å². The van der Waals surface area contributed by atoms with E-state index in [1.54, 1.807) is 0 Å². The fourth-order valence-electron chi connectivity index (χ4n) is 3.14. The number of rotatable bonds is 2. The minimum absolute atomic E-state index is 0.625. The van der Waals surface area contributed by atoms with Gasteiger partial charge in [0.1, 0.15) is 0 Å². The minimum Gasteiger partial charge on any atom is -0.378 e. The largest absolute Gasteiger partial charge is 0.378 e. The smallest absolute Gasteiger partial charge is 0.0642 e. The van der Waals surface area contributed by atoms with Crippen LogP contribution in [0.5, 0.6) is 0 Å². The summed E-state index contributed by atoms with van der Waals surface area (Å²) in [6, 6.07) is 9.72. The Morgan fingerprint density at radius 3 is 2.24 bits per heavy atom. The highest BCUT2D eigenvalue weighted by Crippen LogP contribution is 2.22. The van der Waals surface area contributed by atoms with Crippen LogP contribution in [0, 0.1) is 0 Å². The number of hydrogen-bond acceptors (Lipinski definition) is 4. The van der Waals surface area contributed by atoms with Crippen LogP contribution in [0.25, 0.3) is 0 Å². The molecule has 1 N–H and O–H groups in total. The fraction of sp³-hybridized carbons (Fsp3) is 0.647. The van der Waals surface area contributed by atoms with Crippen molar-refractivity contribution in [2.45, 2.75) is 25.8 Å². The zero-order chi connectivity index (χ0) is 14.5. The Balaban J connectivity index is 1.64. The molecule has 2 heterocycles. The Labute approximate surface area is 128 Å². The van der Waals surface area contributed by atoms with Crippen molar-refractivity contribution in [3.05, 3.63) is 24.3 Å². The minimum atomic E-state index is 0.625. The molecule has 0 bridgehead atoms. The van der Waals surface area contributed by atoms with Crippen molar-refractivity contribution < 1.29 is 4.74 Å². The number of morpholine rings is 1. The molecule has 0 amide bonds. The first-order valence-electron chi connectivity index (χ1n) is 8.24. The molecule has 0 spiro atoms. The number of ether oxygens (including phenoxy) is 1. The molecule has 4 nitrogen and oxygen atoms in total. The lowest BCUT2D eigenvalue weighted by molar-refractivity contribution is 0.122. The van der Waals surface area contributed by atoms with Crippen LogP contribution in [0.4, 0.5) is 11.4 Å². The van der Waals surface area contributed by atoms with Crippen molar-refractivity contribution in [1.82, 2.24) is 5.32 Å². The summed E-state index contributed by atoms with van der Waals surface area (Å²) in [5, 5.41) is 3.56. The molecule has 0 saturated carbocycles. The topological polar surface area (TPSA) is 27.7 Å². The number of nitrogens with zero attached hydrogens (tertiary/aromatic N) is 2. The summed E-state index contributed by atoms with van der Waals surface area (Å²) in [5.74, 6) is 0. The summed E-state index contributed by atoms with van der Waals surface area (Å²) in [4.78, 5) is 4.94. The number of hydrogen-bond donors (Lipinski definition) is 1. The van der Waals surface area contributed by atoms with E-state index in [0.717, 1.165) is 45.9 Å². The van der Waals surface area contributed by atoms with Crippen molar-refractivity contribution in [2.24, 2.45) is 0 Å². The highest BCUT2D eigenvalue weighted by molar-refractivity contribution is 5.56. The summed E-state index contributed by atoms with van der Waals surface area (Å²) < 4.78 is 5.42. The second-order valence-electron chi connectivity index (χ2n) is 6.10. The second kappa shape index (κ2) is 7.14. The molecule has 1 atom stereocenters. The molecule has 2 saturated heterocycles. The summed E-state index contributed by atoms with van der Waals surface area (Å²) in [5.41, 5.74) is 2.69. The fourth-order valence-corrected chi connectivity index (χ4v) is 3.14. The van der Waals surface area contributed by atoms with Gasteiger partial charge in [0.15, 0.2) is 0 Å². The highest BCUT2D eigenvalue weighted by Gasteiger charge is 2.14. The number of benzene rings is 1. The first-order valence-corrected chi connectivity index (χ1v) is 8.24. The predicted octanol–water partition coefficient (Wildman–Crippen LogP) is 2.10. The van der Waals surface area contributed by atoms with E-state index in [2.05, 4.69) is 46.3 Å². The van der Waals surface area contributed by atoms with Crippen molar-refractivity contribution in [1.29, 1.82) is 0 Å². The predicted molar refractivity (Wildman–Crippen MR) is 88.4 cm³/mol. The van der Waals surface area contributed by atoms with Crippen molar-refractivity contribution in [3.63, 3.8) is 0 Å². The average molecular weight is 289 g/mol. The lowest BCUT2D eigenvalue weighted by atomic mass is 10.1. The molecule has 0 radical (unpaired) electrons. The molecule has 3 rings (SSSR count). The van der Waals surface area contributed by atoms with Crippen LogP contribution in [-0.4, -0.2) is 52.0 Å².